The van der Waals surface area contributed by atoms with Crippen LogP contribution in [0.3, 0.4) is 0 Å². The number of hydrogen-bond donors (Lipinski definition) is 1. The zero-order valence-electron chi connectivity index (χ0n) is 18.9. The van der Waals surface area contributed by atoms with Crippen LogP contribution in [0.5, 0.6) is 11.5 Å². The SMILES string of the molecule is CC1CCN(S(=O)(=O)c2ccc(N3C[C@@H](C(=O)Nc4ccc5c(c4)OCO5)CC3=O)cc2)CC1. The van der Waals surface area contributed by atoms with Crippen LogP contribution >= 0.6 is 0 Å². The Bertz CT molecular complexity index is 1210. The molecule has 0 aromatic heterocycles. The molecule has 0 saturated carbocycles. The summed E-state index contributed by atoms with van der Waals surface area (Å²) >= 11 is 0. The van der Waals surface area contributed by atoms with E-state index in [0.717, 1.165) is 12.8 Å². The molecule has 5 rings (SSSR count). The Labute approximate surface area is 198 Å². The van der Waals surface area contributed by atoms with Gasteiger partial charge in [-0.1, -0.05) is 6.92 Å². The normalized spacial score (nSPS) is 21.1. The second-order valence-corrected chi connectivity index (χ2v) is 11.0. The van der Waals surface area contributed by atoms with E-state index in [2.05, 4.69) is 12.2 Å². The summed E-state index contributed by atoms with van der Waals surface area (Å²) in [7, 11) is -3.56. The van der Waals surface area contributed by atoms with E-state index >= 15 is 0 Å². The van der Waals surface area contributed by atoms with Crippen molar-refractivity contribution in [3.63, 3.8) is 0 Å². The molecule has 3 aliphatic heterocycles. The van der Waals surface area contributed by atoms with Gasteiger partial charge in [-0.2, -0.15) is 4.31 Å². The molecule has 9 nitrogen and oxygen atoms in total. The molecule has 3 aliphatic rings. The smallest absolute Gasteiger partial charge is 0.243 e. The van der Waals surface area contributed by atoms with Gasteiger partial charge >= 0.3 is 0 Å². The summed E-state index contributed by atoms with van der Waals surface area (Å²) < 4.78 is 38.0. The number of anilines is 2. The quantitative estimate of drug-likeness (QED) is 0.698. The molecule has 0 unspecified atom stereocenters. The second-order valence-electron chi connectivity index (χ2n) is 9.04. The third kappa shape index (κ3) is 4.35. The number of carbonyl (C=O) groups excluding carboxylic acids is 2. The average molecular weight is 486 g/mol. The maximum absolute atomic E-state index is 13.0. The highest BCUT2D eigenvalue weighted by Gasteiger charge is 2.36. The van der Waals surface area contributed by atoms with E-state index in [-0.39, 0.29) is 36.5 Å². The lowest BCUT2D eigenvalue weighted by Gasteiger charge is -2.29. The van der Waals surface area contributed by atoms with E-state index in [9.17, 15) is 18.0 Å². The standard InChI is InChI=1S/C24H27N3O6S/c1-16-8-10-26(11-9-16)34(30,31)20-5-3-19(4-6-20)27-14-17(12-23(27)28)24(29)25-18-2-7-21-22(13-18)33-15-32-21/h2-7,13,16-17H,8-12,14-15H2,1H3,(H,25,29)/t17-/m0/s1. The van der Waals surface area contributed by atoms with Gasteiger partial charge in [-0.3, -0.25) is 9.59 Å². The van der Waals surface area contributed by atoms with Crippen LogP contribution in [0.25, 0.3) is 0 Å². The highest BCUT2D eigenvalue weighted by Crippen LogP contribution is 2.35. The minimum Gasteiger partial charge on any atom is -0.454 e. The average Bonchev–Trinajstić information content (AvgIpc) is 3.45. The molecule has 2 aromatic carbocycles. The monoisotopic (exact) mass is 485 g/mol. The number of hydrogen-bond acceptors (Lipinski definition) is 6. The summed E-state index contributed by atoms with van der Waals surface area (Å²) in [6.45, 7) is 3.56. The molecule has 1 N–H and O–H groups in total. The fourth-order valence-corrected chi connectivity index (χ4v) is 5.99. The molecular formula is C24H27N3O6S. The third-order valence-electron chi connectivity index (χ3n) is 6.66. The van der Waals surface area contributed by atoms with Gasteiger partial charge < -0.3 is 19.7 Å². The minimum atomic E-state index is -3.56. The zero-order valence-corrected chi connectivity index (χ0v) is 19.7. The van der Waals surface area contributed by atoms with E-state index in [4.69, 9.17) is 9.47 Å². The minimum absolute atomic E-state index is 0.0857. The van der Waals surface area contributed by atoms with E-state index in [1.807, 2.05) is 0 Å². The first-order valence-corrected chi connectivity index (χ1v) is 12.9. The molecule has 180 valence electrons. The van der Waals surface area contributed by atoms with Gasteiger partial charge in [0, 0.05) is 43.5 Å². The predicted molar refractivity (Wildman–Crippen MR) is 125 cm³/mol. The number of nitrogens with zero attached hydrogens (tertiary/aromatic N) is 2. The van der Waals surface area contributed by atoms with Crippen LogP contribution in [-0.2, 0) is 19.6 Å². The van der Waals surface area contributed by atoms with Gasteiger partial charge in [0.25, 0.3) is 0 Å². The number of rotatable bonds is 5. The van der Waals surface area contributed by atoms with Crippen LogP contribution in [0.2, 0.25) is 0 Å². The van der Waals surface area contributed by atoms with Crippen LogP contribution in [0.1, 0.15) is 26.2 Å². The molecule has 0 spiro atoms. The van der Waals surface area contributed by atoms with Crippen molar-refractivity contribution >= 4 is 33.2 Å². The van der Waals surface area contributed by atoms with E-state index in [1.165, 1.54) is 21.3 Å². The number of amides is 2. The Morgan fingerprint density at radius 2 is 1.74 bits per heavy atom. The van der Waals surface area contributed by atoms with Crippen LogP contribution in [-0.4, -0.2) is 51.0 Å². The number of benzene rings is 2. The van der Waals surface area contributed by atoms with Crippen molar-refractivity contribution in [3.05, 3.63) is 42.5 Å². The summed E-state index contributed by atoms with van der Waals surface area (Å²) in [4.78, 5) is 27.2. The van der Waals surface area contributed by atoms with Crippen LogP contribution in [0, 0.1) is 11.8 Å². The lowest BCUT2D eigenvalue weighted by Crippen LogP contribution is -2.37. The van der Waals surface area contributed by atoms with Crippen LogP contribution in [0.4, 0.5) is 11.4 Å². The fraction of sp³-hybridized carbons (Fsp3) is 0.417. The lowest BCUT2D eigenvalue weighted by molar-refractivity contribution is -0.122. The molecule has 2 amide bonds. The summed E-state index contributed by atoms with van der Waals surface area (Å²) in [5, 5.41) is 2.84. The topological polar surface area (TPSA) is 105 Å². The Morgan fingerprint density at radius 3 is 2.47 bits per heavy atom. The predicted octanol–water partition coefficient (Wildman–Crippen LogP) is 2.83. The molecule has 0 aliphatic carbocycles. The molecule has 34 heavy (non-hydrogen) atoms. The van der Waals surface area contributed by atoms with Gasteiger partial charge in [0.1, 0.15) is 0 Å². The second kappa shape index (κ2) is 8.92. The summed E-state index contributed by atoms with van der Waals surface area (Å²) in [6.07, 6.45) is 1.80. The Kier molecular flexibility index (Phi) is 5.95. The Morgan fingerprint density at radius 1 is 1.03 bits per heavy atom. The molecule has 0 radical (unpaired) electrons. The molecule has 2 fully saturated rings. The van der Waals surface area contributed by atoms with E-state index in [1.54, 1.807) is 30.3 Å². The summed E-state index contributed by atoms with van der Waals surface area (Å²) in [6, 6.07) is 11.5. The van der Waals surface area contributed by atoms with E-state index in [0.29, 0.717) is 41.9 Å². The number of piperidine rings is 1. The number of nitrogens with one attached hydrogen (secondary N) is 1. The zero-order chi connectivity index (χ0) is 23.9. The Balaban J connectivity index is 1.24. The number of carbonyl (C=O) groups is 2. The highest BCUT2D eigenvalue weighted by molar-refractivity contribution is 7.89. The van der Waals surface area contributed by atoms with Gasteiger partial charge in [-0.15, -0.1) is 0 Å². The maximum atomic E-state index is 13.0. The third-order valence-corrected chi connectivity index (χ3v) is 8.58. The Hall–Kier alpha value is -3.11. The first kappa shape index (κ1) is 22.7. The van der Waals surface area contributed by atoms with Crippen molar-refractivity contribution in [2.75, 3.05) is 36.6 Å². The van der Waals surface area contributed by atoms with Crippen molar-refractivity contribution in [3.8, 4) is 11.5 Å². The molecule has 1 atom stereocenters. The maximum Gasteiger partial charge on any atom is 0.243 e. The summed E-state index contributed by atoms with van der Waals surface area (Å²) in [5.74, 6) is 0.776. The van der Waals surface area contributed by atoms with E-state index < -0.39 is 15.9 Å². The summed E-state index contributed by atoms with van der Waals surface area (Å²) in [5.41, 5.74) is 1.15. The fourth-order valence-electron chi connectivity index (χ4n) is 4.52. The molecule has 2 aromatic rings. The van der Waals surface area contributed by atoms with Gasteiger partial charge in [0.15, 0.2) is 11.5 Å². The van der Waals surface area contributed by atoms with Gasteiger partial charge in [0.2, 0.25) is 28.6 Å². The highest BCUT2D eigenvalue weighted by atomic mass is 32.2. The lowest BCUT2D eigenvalue weighted by atomic mass is 10.0. The van der Waals surface area contributed by atoms with Crippen molar-refractivity contribution in [1.29, 1.82) is 0 Å². The van der Waals surface area contributed by atoms with Gasteiger partial charge in [0.05, 0.1) is 10.8 Å². The van der Waals surface area contributed by atoms with Crippen molar-refractivity contribution < 1.29 is 27.5 Å². The molecular weight excluding hydrogens is 458 g/mol. The number of ether oxygens (including phenoxy) is 2. The first-order chi connectivity index (χ1) is 16.3. The van der Waals surface area contributed by atoms with Gasteiger partial charge in [-0.25, -0.2) is 8.42 Å². The first-order valence-electron chi connectivity index (χ1n) is 11.4. The molecule has 10 heteroatoms. The molecule has 0 bridgehead atoms. The largest absolute Gasteiger partial charge is 0.454 e. The molecule has 2 saturated heterocycles. The number of sulfonamides is 1. The van der Waals surface area contributed by atoms with Gasteiger partial charge in [-0.05, 0) is 55.2 Å². The van der Waals surface area contributed by atoms with Crippen molar-refractivity contribution in [1.82, 2.24) is 4.31 Å². The van der Waals surface area contributed by atoms with Crippen molar-refractivity contribution in [2.24, 2.45) is 11.8 Å². The van der Waals surface area contributed by atoms with Crippen LogP contribution < -0.4 is 19.7 Å². The van der Waals surface area contributed by atoms with Crippen molar-refractivity contribution in [2.45, 2.75) is 31.1 Å². The number of fused-ring (bicyclic) bond motifs is 1. The molecule has 3 heterocycles. The van der Waals surface area contributed by atoms with Crippen LogP contribution in [0.15, 0.2) is 47.4 Å².